The van der Waals surface area contributed by atoms with Gasteiger partial charge in [0, 0.05) is 6.07 Å². The lowest BCUT2D eigenvalue weighted by Gasteiger charge is -2.29. The molecule has 0 bridgehead atoms. The molecule has 0 radical (unpaired) electrons. The first-order valence-corrected chi connectivity index (χ1v) is 10.3. The lowest BCUT2D eigenvalue weighted by molar-refractivity contribution is 0.168. The Morgan fingerprint density at radius 3 is 2.42 bits per heavy atom. The number of ether oxygens (including phenoxy) is 2. The zero-order valence-electron chi connectivity index (χ0n) is 17.5. The van der Waals surface area contributed by atoms with Gasteiger partial charge in [0.15, 0.2) is 0 Å². The number of fused-ring (bicyclic) bond motifs is 1. The van der Waals surface area contributed by atoms with Crippen LogP contribution in [0.25, 0.3) is 0 Å². The van der Waals surface area contributed by atoms with Crippen molar-refractivity contribution in [1.29, 1.82) is 0 Å². The molecule has 1 aliphatic heterocycles. The fraction of sp³-hybridized carbons (Fsp3) is 0.208. The van der Waals surface area contributed by atoms with Crippen LogP contribution in [0.15, 0.2) is 71.7 Å². The van der Waals surface area contributed by atoms with Crippen LogP contribution in [0.5, 0.6) is 5.88 Å². The number of amides is 1. The van der Waals surface area contributed by atoms with E-state index in [2.05, 4.69) is 27.8 Å². The third-order valence-electron chi connectivity index (χ3n) is 4.76. The SMILES string of the molecule is CCOC(=O)Nc1cc2c(c(OCC)n1)N=C(c1ccccc1)C(c1ccccc1)N2. The molecule has 31 heavy (non-hydrogen) atoms. The van der Waals surface area contributed by atoms with Crippen LogP contribution in [0.2, 0.25) is 0 Å². The molecule has 158 valence electrons. The van der Waals surface area contributed by atoms with Crippen molar-refractivity contribution >= 4 is 29.0 Å². The van der Waals surface area contributed by atoms with Crippen molar-refractivity contribution in [3.05, 3.63) is 77.9 Å². The standard InChI is InChI=1S/C24H24N4O3/c1-3-30-23-22-18(15-19(26-23)27-24(29)31-4-2)25-20(16-11-7-5-8-12-16)21(28-22)17-13-9-6-10-14-17/h5-15,20,25H,3-4H2,1-2H3,(H,26,27,29). The fourth-order valence-electron chi connectivity index (χ4n) is 3.44. The Labute approximate surface area is 181 Å². The quantitative estimate of drug-likeness (QED) is 0.567. The number of anilines is 2. The molecule has 0 spiro atoms. The van der Waals surface area contributed by atoms with Crippen molar-refractivity contribution in [2.24, 2.45) is 4.99 Å². The van der Waals surface area contributed by atoms with Crippen molar-refractivity contribution in [3.8, 4) is 5.88 Å². The van der Waals surface area contributed by atoms with E-state index < -0.39 is 6.09 Å². The molecule has 0 saturated heterocycles. The lowest BCUT2D eigenvalue weighted by atomic mass is 9.94. The van der Waals surface area contributed by atoms with Gasteiger partial charge in [0.2, 0.25) is 5.88 Å². The molecule has 1 aromatic heterocycles. The van der Waals surface area contributed by atoms with Crippen molar-refractivity contribution in [3.63, 3.8) is 0 Å². The Balaban J connectivity index is 1.82. The van der Waals surface area contributed by atoms with Gasteiger partial charge < -0.3 is 14.8 Å². The lowest BCUT2D eigenvalue weighted by Crippen LogP contribution is -2.25. The first kappa shape index (κ1) is 20.4. The first-order valence-electron chi connectivity index (χ1n) is 10.3. The Bertz CT molecular complexity index is 1080. The minimum absolute atomic E-state index is 0.177. The maximum absolute atomic E-state index is 11.9. The minimum atomic E-state index is -0.568. The summed E-state index contributed by atoms with van der Waals surface area (Å²) in [6.07, 6.45) is -0.568. The molecule has 1 amide bonds. The van der Waals surface area contributed by atoms with Crippen LogP contribution >= 0.6 is 0 Å². The van der Waals surface area contributed by atoms with Crippen LogP contribution in [0.1, 0.15) is 31.0 Å². The number of aromatic nitrogens is 1. The second kappa shape index (κ2) is 9.30. The average Bonchev–Trinajstić information content (AvgIpc) is 2.80. The van der Waals surface area contributed by atoms with E-state index in [0.717, 1.165) is 22.5 Å². The third kappa shape index (κ3) is 4.50. The van der Waals surface area contributed by atoms with E-state index in [9.17, 15) is 4.79 Å². The van der Waals surface area contributed by atoms with Gasteiger partial charge in [0.25, 0.3) is 0 Å². The van der Waals surface area contributed by atoms with Gasteiger partial charge in [-0.1, -0.05) is 60.7 Å². The number of carbonyl (C=O) groups is 1. The van der Waals surface area contributed by atoms with Crippen LogP contribution in [0.4, 0.5) is 22.0 Å². The summed E-state index contributed by atoms with van der Waals surface area (Å²) in [5.74, 6) is 0.678. The van der Waals surface area contributed by atoms with Gasteiger partial charge in [-0.05, 0) is 25.0 Å². The van der Waals surface area contributed by atoms with E-state index in [0.29, 0.717) is 24.0 Å². The molecule has 2 N–H and O–H groups in total. The van der Waals surface area contributed by atoms with Gasteiger partial charge in [0.05, 0.1) is 30.7 Å². The summed E-state index contributed by atoms with van der Waals surface area (Å²) < 4.78 is 10.7. The number of nitrogens with zero attached hydrogens (tertiary/aromatic N) is 2. The van der Waals surface area contributed by atoms with E-state index in [1.54, 1.807) is 13.0 Å². The molecule has 0 saturated carbocycles. The van der Waals surface area contributed by atoms with Crippen LogP contribution in [0.3, 0.4) is 0 Å². The van der Waals surface area contributed by atoms with E-state index >= 15 is 0 Å². The largest absolute Gasteiger partial charge is 0.476 e. The van der Waals surface area contributed by atoms with Gasteiger partial charge in [-0.2, -0.15) is 4.98 Å². The van der Waals surface area contributed by atoms with Crippen LogP contribution < -0.4 is 15.4 Å². The number of benzene rings is 2. The Hall–Kier alpha value is -3.87. The maximum Gasteiger partial charge on any atom is 0.412 e. The van der Waals surface area contributed by atoms with Gasteiger partial charge in [-0.15, -0.1) is 0 Å². The molecule has 0 aliphatic carbocycles. The Kier molecular flexibility index (Phi) is 6.12. The summed E-state index contributed by atoms with van der Waals surface area (Å²) in [7, 11) is 0. The summed E-state index contributed by atoms with van der Waals surface area (Å²) in [4.78, 5) is 21.3. The zero-order valence-corrected chi connectivity index (χ0v) is 17.5. The number of nitrogens with one attached hydrogen (secondary N) is 2. The molecule has 7 nitrogen and oxygen atoms in total. The molecular formula is C24H24N4O3. The Morgan fingerprint density at radius 2 is 1.74 bits per heavy atom. The third-order valence-corrected chi connectivity index (χ3v) is 4.76. The van der Waals surface area contributed by atoms with E-state index in [1.807, 2.05) is 55.5 Å². The monoisotopic (exact) mass is 416 g/mol. The van der Waals surface area contributed by atoms with Gasteiger partial charge in [-0.25, -0.2) is 9.79 Å². The average molecular weight is 416 g/mol. The van der Waals surface area contributed by atoms with Crippen molar-refractivity contribution in [2.75, 3.05) is 23.8 Å². The molecule has 3 aromatic rings. The van der Waals surface area contributed by atoms with Gasteiger partial charge >= 0.3 is 6.09 Å². The molecule has 1 atom stereocenters. The fourth-order valence-corrected chi connectivity index (χ4v) is 3.44. The molecule has 7 heteroatoms. The normalized spacial score (nSPS) is 14.6. The molecule has 1 aliphatic rings. The van der Waals surface area contributed by atoms with Crippen molar-refractivity contribution in [1.82, 2.24) is 4.98 Å². The molecule has 0 fully saturated rings. The summed E-state index contributed by atoms with van der Waals surface area (Å²) in [6.45, 7) is 4.32. The summed E-state index contributed by atoms with van der Waals surface area (Å²) in [6, 6.07) is 21.7. The topological polar surface area (TPSA) is 84.8 Å². The summed E-state index contributed by atoms with van der Waals surface area (Å²) in [5, 5.41) is 6.21. The smallest absolute Gasteiger partial charge is 0.412 e. The number of hydrogen-bond acceptors (Lipinski definition) is 6. The number of carbonyl (C=O) groups excluding carboxylic acids is 1. The number of aliphatic imine (C=N–C) groups is 1. The molecule has 2 aromatic carbocycles. The summed E-state index contributed by atoms with van der Waals surface area (Å²) >= 11 is 0. The zero-order chi connectivity index (χ0) is 21.6. The second-order valence-corrected chi connectivity index (χ2v) is 6.84. The van der Waals surface area contributed by atoms with Crippen molar-refractivity contribution in [2.45, 2.75) is 19.9 Å². The first-order chi connectivity index (χ1) is 15.2. The van der Waals surface area contributed by atoms with Crippen LogP contribution in [0, 0.1) is 0 Å². The second-order valence-electron chi connectivity index (χ2n) is 6.84. The molecule has 2 heterocycles. The summed E-state index contributed by atoms with van der Waals surface area (Å²) in [5.41, 5.74) is 4.27. The van der Waals surface area contributed by atoms with E-state index in [1.165, 1.54) is 0 Å². The van der Waals surface area contributed by atoms with E-state index in [4.69, 9.17) is 14.5 Å². The minimum Gasteiger partial charge on any atom is -0.476 e. The van der Waals surface area contributed by atoms with E-state index in [-0.39, 0.29) is 12.6 Å². The molecular weight excluding hydrogens is 392 g/mol. The number of hydrogen-bond donors (Lipinski definition) is 2. The molecule has 4 rings (SSSR count). The highest BCUT2D eigenvalue weighted by Gasteiger charge is 2.28. The number of pyridine rings is 1. The van der Waals surface area contributed by atoms with Gasteiger partial charge in [-0.3, -0.25) is 5.32 Å². The number of rotatable bonds is 6. The van der Waals surface area contributed by atoms with Crippen LogP contribution in [-0.2, 0) is 4.74 Å². The maximum atomic E-state index is 11.9. The highest BCUT2D eigenvalue weighted by Crippen LogP contribution is 2.43. The van der Waals surface area contributed by atoms with Crippen molar-refractivity contribution < 1.29 is 14.3 Å². The predicted octanol–water partition coefficient (Wildman–Crippen LogP) is 5.34. The Morgan fingerprint density at radius 1 is 1.03 bits per heavy atom. The van der Waals surface area contributed by atoms with Crippen LogP contribution in [-0.4, -0.2) is 30.0 Å². The highest BCUT2D eigenvalue weighted by molar-refractivity contribution is 6.10. The van der Waals surface area contributed by atoms with Gasteiger partial charge in [0.1, 0.15) is 11.5 Å². The predicted molar refractivity (Wildman–Crippen MR) is 121 cm³/mol. The highest BCUT2D eigenvalue weighted by atomic mass is 16.5. The molecule has 1 unspecified atom stereocenters.